The molecule has 0 bridgehead atoms. The average molecular weight is 256 g/mol. The molecule has 0 unspecified atom stereocenters. The third-order valence-corrected chi connectivity index (χ3v) is 6.10. The van der Waals surface area contributed by atoms with E-state index in [1.165, 1.54) is 64.3 Å². The number of rotatable bonds is 4. The molecule has 2 fully saturated rings. The van der Waals surface area contributed by atoms with Gasteiger partial charge in [0.25, 0.3) is 0 Å². The number of hydrogen-bond donors (Lipinski definition) is 2. The van der Waals surface area contributed by atoms with Crippen LogP contribution >= 0.6 is 11.8 Å². The summed E-state index contributed by atoms with van der Waals surface area (Å²) in [5.41, 5.74) is 5.96. The Morgan fingerprint density at radius 3 is 2.35 bits per heavy atom. The van der Waals surface area contributed by atoms with Crippen molar-refractivity contribution in [1.82, 2.24) is 5.32 Å². The first-order chi connectivity index (χ1) is 8.24. The van der Waals surface area contributed by atoms with Gasteiger partial charge < -0.3 is 11.1 Å². The minimum atomic E-state index is 0.470. The van der Waals surface area contributed by atoms with Crippen LogP contribution in [0.5, 0.6) is 0 Å². The summed E-state index contributed by atoms with van der Waals surface area (Å²) < 4.78 is 0.539. The lowest BCUT2D eigenvalue weighted by Gasteiger charge is -2.38. The van der Waals surface area contributed by atoms with Gasteiger partial charge in [-0.3, -0.25) is 0 Å². The molecule has 0 aromatic rings. The van der Waals surface area contributed by atoms with E-state index in [4.69, 9.17) is 5.73 Å². The van der Waals surface area contributed by atoms with E-state index in [2.05, 4.69) is 23.3 Å². The topological polar surface area (TPSA) is 38.0 Å². The Hall–Kier alpha value is 0.270. The van der Waals surface area contributed by atoms with E-state index in [0.717, 1.165) is 6.04 Å². The molecule has 0 heterocycles. The molecule has 0 atom stereocenters. The zero-order valence-electron chi connectivity index (χ0n) is 11.2. The molecule has 2 rings (SSSR count). The first-order valence-electron chi connectivity index (χ1n) is 7.28. The fourth-order valence-electron chi connectivity index (χ4n) is 3.30. The van der Waals surface area contributed by atoms with Crippen molar-refractivity contribution in [2.75, 3.05) is 12.8 Å². The highest BCUT2D eigenvalue weighted by atomic mass is 32.2. The highest BCUT2D eigenvalue weighted by Crippen LogP contribution is 2.38. The lowest BCUT2D eigenvalue weighted by atomic mass is 9.87. The molecule has 2 aliphatic rings. The van der Waals surface area contributed by atoms with Crippen molar-refractivity contribution in [3.8, 4) is 0 Å². The van der Waals surface area contributed by atoms with Crippen LogP contribution in [0.25, 0.3) is 0 Å². The molecule has 2 saturated carbocycles. The van der Waals surface area contributed by atoms with Crippen LogP contribution in [0.2, 0.25) is 0 Å². The predicted octanol–water partition coefficient (Wildman–Crippen LogP) is 2.91. The van der Waals surface area contributed by atoms with Crippen LogP contribution in [0, 0.1) is 0 Å². The molecule has 100 valence electrons. The molecule has 17 heavy (non-hydrogen) atoms. The van der Waals surface area contributed by atoms with Gasteiger partial charge in [0.05, 0.1) is 0 Å². The van der Waals surface area contributed by atoms with Crippen LogP contribution in [-0.4, -0.2) is 29.6 Å². The van der Waals surface area contributed by atoms with Crippen LogP contribution in [0.4, 0.5) is 0 Å². The molecule has 0 saturated heterocycles. The van der Waals surface area contributed by atoms with E-state index >= 15 is 0 Å². The maximum atomic E-state index is 5.96. The zero-order valence-corrected chi connectivity index (χ0v) is 12.0. The van der Waals surface area contributed by atoms with Gasteiger partial charge in [-0.25, -0.2) is 0 Å². The normalized spacial score (nSPS) is 33.5. The minimum absolute atomic E-state index is 0.470. The highest BCUT2D eigenvalue weighted by Gasteiger charge is 2.31. The molecule has 2 nitrogen and oxygen atoms in total. The summed E-state index contributed by atoms with van der Waals surface area (Å²) >= 11 is 2.10. The maximum absolute atomic E-state index is 5.96. The minimum Gasteiger partial charge on any atom is -0.328 e. The van der Waals surface area contributed by atoms with Crippen molar-refractivity contribution in [2.45, 2.75) is 74.6 Å². The molecule has 0 amide bonds. The second-order valence-electron chi connectivity index (χ2n) is 5.94. The molecule has 0 aromatic carbocycles. The van der Waals surface area contributed by atoms with Gasteiger partial charge in [0.2, 0.25) is 0 Å². The van der Waals surface area contributed by atoms with Crippen molar-refractivity contribution in [3.63, 3.8) is 0 Å². The van der Waals surface area contributed by atoms with Crippen LogP contribution < -0.4 is 11.1 Å². The summed E-state index contributed by atoms with van der Waals surface area (Å²) in [5, 5.41) is 3.83. The summed E-state index contributed by atoms with van der Waals surface area (Å²) in [4.78, 5) is 0. The van der Waals surface area contributed by atoms with Crippen molar-refractivity contribution >= 4 is 11.8 Å². The molecule has 0 radical (unpaired) electrons. The third kappa shape index (κ3) is 3.87. The Kier molecular flexibility index (Phi) is 5.19. The average Bonchev–Trinajstić information content (AvgIpc) is 2.39. The summed E-state index contributed by atoms with van der Waals surface area (Å²) in [6.07, 6.45) is 14.4. The number of nitrogens with one attached hydrogen (secondary N) is 1. The van der Waals surface area contributed by atoms with Gasteiger partial charge in [0.15, 0.2) is 0 Å². The van der Waals surface area contributed by atoms with E-state index in [0.29, 0.717) is 10.8 Å². The Labute approximate surface area is 110 Å². The number of nitrogens with two attached hydrogens (primary N) is 1. The van der Waals surface area contributed by atoms with Crippen LogP contribution in [-0.2, 0) is 0 Å². The summed E-state index contributed by atoms with van der Waals surface area (Å²) in [7, 11) is 0. The summed E-state index contributed by atoms with van der Waals surface area (Å²) in [6.45, 7) is 1.22. The Bertz CT molecular complexity index is 218. The lowest BCUT2D eigenvalue weighted by Crippen LogP contribution is -2.45. The molecular weight excluding hydrogens is 228 g/mol. The van der Waals surface area contributed by atoms with Crippen molar-refractivity contribution < 1.29 is 0 Å². The van der Waals surface area contributed by atoms with Crippen molar-refractivity contribution in [2.24, 2.45) is 5.73 Å². The first kappa shape index (κ1) is 13.7. The van der Waals surface area contributed by atoms with Crippen LogP contribution in [0.3, 0.4) is 0 Å². The van der Waals surface area contributed by atoms with Gasteiger partial charge in [0.1, 0.15) is 0 Å². The lowest BCUT2D eigenvalue weighted by molar-refractivity contribution is 0.308. The SMILES string of the molecule is CSC1(CNC2CCC(N)CC2)CCCCC1. The van der Waals surface area contributed by atoms with Gasteiger partial charge >= 0.3 is 0 Å². The van der Waals surface area contributed by atoms with Gasteiger partial charge in [-0.15, -0.1) is 0 Å². The molecule has 2 aliphatic carbocycles. The fraction of sp³-hybridized carbons (Fsp3) is 1.00. The van der Waals surface area contributed by atoms with E-state index in [1.54, 1.807) is 0 Å². The molecule has 3 N–H and O–H groups in total. The number of hydrogen-bond acceptors (Lipinski definition) is 3. The fourth-order valence-corrected chi connectivity index (χ4v) is 4.23. The number of thioether (sulfide) groups is 1. The predicted molar refractivity (Wildman–Crippen MR) is 77.6 cm³/mol. The Morgan fingerprint density at radius 1 is 1.12 bits per heavy atom. The molecule has 0 aromatic heterocycles. The standard InChI is InChI=1S/C14H28N2S/c1-17-14(9-3-2-4-10-14)11-16-13-7-5-12(15)6-8-13/h12-13,16H,2-11,15H2,1H3. The third-order valence-electron chi connectivity index (χ3n) is 4.68. The highest BCUT2D eigenvalue weighted by molar-refractivity contribution is 8.00. The van der Waals surface area contributed by atoms with E-state index in [1.807, 2.05) is 0 Å². The van der Waals surface area contributed by atoms with E-state index in [9.17, 15) is 0 Å². The largest absolute Gasteiger partial charge is 0.328 e. The first-order valence-corrected chi connectivity index (χ1v) is 8.51. The maximum Gasteiger partial charge on any atom is 0.0281 e. The molecule has 0 spiro atoms. The van der Waals surface area contributed by atoms with E-state index in [-0.39, 0.29) is 0 Å². The smallest absolute Gasteiger partial charge is 0.0281 e. The quantitative estimate of drug-likeness (QED) is 0.812. The van der Waals surface area contributed by atoms with Crippen LogP contribution in [0.15, 0.2) is 0 Å². The molecular formula is C14H28N2S. The Balaban J connectivity index is 1.75. The van der Waals surface area contributed by atoms with Crippen molar-refractivity contribution in [1.29, 1.82) is 0 Å². The molecule has 3 heteroatoms. The monoisotopic (exact) mass is 256 g/mol. The van der Waals surface area contributed by atoms with Crippen LogP contribution in [0.1, 0.15) is 57.8 Å². The summed E-state index contributed by atoms with van der Waals surface area (Å²) in [6, 6.07) is 1.21. The zero-order chi connectivity index (χ0) is 12.1. The second kappa shape index (κ2) is 6.44. The van der Waals surface area contributed by atoms with E-state index < -0.39 is 0 Å². The van der Waals surface area contributed by atoms with Gasteiger partial charge in [0, 0.05) is 23.4 Å². The Morgan fingerprint density at radius 2 is 1.76 bits per heavy atom. The van der Waals surface area contributed by atoms with Gasteiger partial charge in [-0.2, -0.15) is 11.8 Å². The molecule has 0 aliphatic heterocycles. The van der Waals surface area contributed by atoms with Crippen molar-refractivity contribution in [3.05, 3.63) is 0 Å². The second-order valence-corrected chi connectivity index (χ2v) is 7.21. The summed E-state index contributed by atoms with van der Waals surface area (Å²) in [5.74, 6) is 0. The van der Waals surface area contributed by atoms with Gasteiger partial charge in [-0.1, -0.05) is 19.3 Å². The van der Waals surface area contributed by atoms with Gasteiger partial charge in [-0.05, 0) is 44.8 Å².